The Morgan fingerprint density at radius 1 is 1.04 bits per heavy atom. The molecule has 3 rings (SSSR count). The summed E-state index contributed by atoms with van der Waals surface area (Å²) in [5, 5.41) is 3.45. The average molecular weight is 350 g/mol. The first-order valence-electron chi connectivity index (χ1n) is 8.72. The summed E-state index contributed by atoms with van der Waals surface area (Å²) in [6, 6.07) is 14.6. The minimum absolute atomic E-state index is 0.00587. The number of nitrogens with one attached hydrogen (secondary N) is 1. The third-order valence-electron chi connectivity index (χ3n) is 4.40. The summed E-state index contributed by atoms with van der Waals surface area (Å²) in [5.41, 5.74) is 2.55. The van der Waals surface area contributed by atoms with Crippen molar-refractivity contribution < 1.29 is 9.21 Å². The van der Waals surface area contributed by atoms with E-state index in [0.29, 0.717) is 11.3 Å². The van der Waals surface area contributed by atoms with E-state index in [4.69, 9.17) is 4.42 Å². The van der Waals surface area contributed by atoms with Gasteiger partial charge in [0.1, 0.15) is 11.1 Å². The minimum Gasteiger partial charge on any atom is -0.422 e. The van der Waals surface area contributed by atoms with Gasteiger partial charge in [0.25, 0.3) is 5.91 Å². The molecule has 0 aliphatic carbocycles. The molecule has 0 aliphatic rings. The van der Waals surface area contributed by atoms with Crippen LogP contribution >= 0.6 is 0 Å². The number of anilines is 2. The summed E-state index contributed by atoms with van der Waals surface area (Å²) < 4.78 is 5.41. The zero-order chi connectivity index (χ0) is 18.7. The molecule has 0 unspecified atom stereocenters. The predicted molar refractivity (Wildman–Crippen MR) is 105 cm³/mol. The Hall–Kier alpha value is -3.08. The van der Waals surface area contributed by atoms with Crippen molar-refractivity contribution in [2.75, 3.05) is 23.3 Å². The first-order chi connectivity index (χ1) is 12.5. The lowest BCUT2D eigenvalue weighted by Gasteiger charge is -2.21. The fourth-order valence-electron chi connectivity index (χ4n) is 2.88. The van der Waals surface area contributed by atoms with Crippen LogP contribution < -0.4 is 15.8 Å². The molecule has 0 saturated heterocycles. The number of hydrogen-bond donors (Lipinski definition) is 1. The summed E-state index contributed by atoms with van der Waals surface area (Å²) in [7, 11) is 0. The largest absolute Gasteiger partial charge is 0.422 e. The van der Waals surface area contributed by atoms with Crippen LogP contribution in [0.25, 0.3) is 11.0 Å². The molecular formula is C21H22N2O3. The fourth-order valence-corrected chi connectivity index (χ4v) is 2.88. The lowest BCUT2D eigenvalue weighted by molar-refractivity contribution is 0.102. The van der Waals surface area contributed by atoms with Gasteiger partial charge in [-0.05, 0) is 51.1 Å². The van der Waals surface area contributed by atoms with Crippen LogP contribution in [0.1, 0.15) is 29.8 Å². The van der Waals surface area contributed by atoms with Crippen molar-refractivity contribution in [1.82, 2.24) is 0 Å². The quantitative estimate of drug-likeness (QED) is 0.701. The van der Waals surface area contributed by atoms with E-state index in [1.165, 1.54) is 0 Å². The topological polar surface area (TPSA) is 62.6 Å². The maximum absolute atomic E-state index is 12.5. The van der Waals surface area contributed by atoms with Gasteiger partial charge < -0.3 is 14.6 Å². The van der Waals surface area contributed by atoms with Crippen molar-refractivity contribution in [1.29, 1.82) is 0 Å². The second-order valence-electron chi connectivity index (χ2n) is 6.16. The molecule has 2 aromatic carbocycles. The van der Waals surface area contributed by atoms with Crippen LogP contribution in [0.2, 0.25) is 0 Å². The molecule has 0 spiro atoms. The van der Waals surface area contributed by atoms with Crippen molar-refractivity contribution in [2.45, 2.75) is 20.8 Å². The van der Waals surface area contributed by atoms with Gasteiger partial charge in [-0.15, -0.1) is 0 Å². The number of aryl methyl sites for hydroxylation is 1. The lowest BCUT2D eigenvalue weighted by atomic mass is 10.1. The summed E-state index contributed by atoms with van der Waals surface area (Å²) in [5.74, 6) is -0.475. The Morgan fingerprint density at radius 3 is 2.38 bits per heavy atom. The molecular weight excluding hydrogens is 328 g/mol. The molecule has 5 nitrogen and oxygen atoms in total. The van der Waals surface area contributed by atoms with Crippen molar-refractivity contribution in [3.8, 4) is 0 Å². The van der Waals surface area contributed by atoms with Gasteiger partial charge in [-0.3, -0.25) is 4.79 Å². The SMILES string of the molecule is CCN(CC)c1ccc2cc(C(=O)Nc3ccc(C)cc3)c(=O)oc2c1. The third-order valence-corrected chi connectivity index (χ3v) is 4.40. The number of hydrogen-bond acceptors (Lipinski definition) is 4. The van der Waals surface area contributed by atoms with Gasteiger partial charge in [-0.2, -0.15) is 0 Å². The molecule has 1 aromatic heterocycles. The van der Waals surface area contributed by atoms with E-state index in [9.17, 15) is 9.59 Å². The van der Waals surface area contributed by atoms with E-state index in [1.54, 1.807) is 18.2 Å². The summed E-state index contributed by atoms with van der Waals surface area (Å²) in [4.78, 5) is 26.9. The second-order valence-corrected chi connectivity index (χ2v) is 6.16. The smallest absolute Gasteiger partial charge is 0.349 e. The highest BCUT2D eigenvalue weighted by Gasteiger charge is 2.15. The number of carbonyl (C=O) groups excluding carboxylic acids is 1. The Balaban J connectivity index is 1.93. The molecule has 5 heteroatoms. The van der Waals surface area contributed by atoms with Gasteiger partial charge in [0.15, 0.2) is 0 Å². The van der Waals surface area contributed by atoms with Crippen LogP contribution in [0.15, 0.2) is 57.7 Å². The number of benzene rings is 2. The molecule has 1 N–H and O–H groups in total. The molecule has 0 saturated carbocycles. The van der Waals surface area contributed by atoms with Crippen LogP contribution in [-0.4, -0.2) is 19.0 Å². The fraction of sp³-hybridized carbons (Fsp3) is 0.238. The van der Waals surface area contributed by atoms with E-state index in [1.807, 2.05) is 37.3 Å². The number of rotatable bonds is 5. The standard InChI is InChI=1S/C21H22N2O3/c1-4-23(5-2)17-11-8-15-12-18(21(25)26-19(15)13-17)20(24)22-16-9-6-14(3)7-10-16/h6-13H,4-5H2,1-3H3,(H,22,24). The van der Waals surface area contributed by atoms with Crippen molar-refractivity contribution in [3.63, 3.8) is 0 Å². The first-order valence-corrected chi connectivity index (χ1v) is 8.72. The third kappa shape index (κ3) is 3.61. The molecule has 26 heavy (non-hydrogen) atoms. The maximum Gasteiger partial charge on any atom is 0.349 e. The van der Waals surface area contributed by atoms with E-state index < -0.39 is 11.5 Å². The molecule has 3 aromatic rings. The van der Waals surface area contributed by atoms with E-state index >= 15 is 0 Å². The van der Waals surface area contributed by atoms with Crippen LogP contribution in [0.5, 0.6) is 0 Å². The summed E-state index contributed by atoms with van der Waals surface area (Å²) in [6.45, 7) is 7.84. The zero-order valence-corrected chi connectivity index (χ0v) is 15.2. The van der Waals surface area contributed by atoms with Gasteiger partial charge in [0.2, 0.25) is 0 Å². The number of amides is 1. The highest BCUT2D eigenvalue weighted by atomic mass is 16.4. The zero-order valence-electron chi connectivity index (χ0n) is 15.2. The molecule has 0 atom stereocenters. The molecule has 0 bridgehead atoms. The normalized spacial score (nSPS) is 10.7. The first kappa shape index (κ1) is 17.7. The molecule has 0 fully saturated rings. The summed E-state index contributed by atoms with van der Waals surface area (Å²) >= 11 is 0. The Morgan fingerprint density at radius 2 is 1.73 bits per heavy atom. The second kappa shape index (κ2) is 7.44. The van der Waals surface area contributed by atoms with E-state index in [2.05, 4.69) is 24.1 Å². The van der Waals surface area contributed by atoms with Gasteiger partial charge in [-0.1, -0.05) is 17.7 Å². The Labute approximate surface area is 152 Å². The summed E-state index contributed by atoms with van der Waals surface area (Å²) in [6.07, 6.45) is 0. The predicted octanol–water partition coefficient (Wildman–Crippen LogP) is 4.20. The van der Waals surface area contributed by atoms with Crippen molar-refractivity contribution in [2.24, 2.45) is 0 Å². The maximum atomic E-state index is 12.5. The highest BCUT2D eigenvalue weighted by molar-refractivity contribution is 6.05. The van der Waals surface area contributed by atoms with E-state index in [0.717, 1.165) is 29.7 Å². The molecule has 1 amide bonds. The van der Waals surface area contributed by atoms with Crippen molar-refractivity contribution >= 4 is 28.3 Å². The van der Waals surface area contributed by atoms with Gasteiger partial charge in [0, 0.05) is 35.9 Å². The van der Waals surface area contributed by atoms with Crippen LogP contribution in [0.4, 0.5) is 11.4 Å². The number of nitrogens with zero attached hydrogens (tertiary/aromatic N) is 1. The number of carbonyl (C=O) groups is 1. The van der Waals surface area contributed by atoms with Gasteiger partial charge in [0.05, 0.1) is 0 Å². The molecule has 134 valence electrons. The monoisotopic (exact) mass is 350 g/mol. The lowest BCUT2D eigenvalue weighted by Crippen LogP contribution is -2.22. The molecule has 0 radical (unpaired) electrons. The average Bonchev–Trinajstić information content (AvgIpc) is 2.64. The van der Waals surface area contributed by atoms with Crippen LogP contribution in [0, 0.1) is 6.92 Å². The van der Waals surface area contributed by atoms with Crippen LogP contribution in [0.3, 0.4) is 0 Å². The minimum atomic E-state index is -0.640. The molecule has 0 aliphatic heterocycles. The highest BCUT2D eigenvalue weighted by Crippen LogP contribution is 2.22. The Bertz CT molecular complexity index is 986. The van der Waals surface area contributed by atoms with Crippen LogP contribution in [-0.2, 0) is 0 Å². The number of fused-ring (bicyclic) bond motifs is 1. The Kier molecular flexibility index (Phi) is 5.07. The van der Waals surface area contributed by atoms with Crippen molar-refractivity contribution in [3.05, 3.63) is 70.1 Å². The molecule has 1 heterocycles. The van der Waals surface area contributed by atoms with Gasteiger partial charge >= 0.3 is 5.63 Å². The van der Waals surface area contributed by atoms with Gasteiger partial charge in [-0.25, -0.2) is 4.79 Å². The van der Waals surface area contributed by atoms with E-state index in [-0.39, 0.29) is 5.56 Å².